The number of halogens is 1. The van der Waals surface area contributed by atoms with Crippen LogP contribution in [0.25, 0.3) is 11.0 Å². The van der Waals surface area contributed by atoms with Gasteiger partial charge in [-0.15, -0.1) is 0 Å². The van der Waals surface area contributed by atoms with Gasteiger partial charge < -0.3 is 4.98 Å². The minimum absolute atomic E-state index is 0.402. The van der Waals surface area contributed by atoms with Crippen LogP contribution >= 0.6 is 11.6 Å². The molecule has 0 bridgehead atoms. The number of aromatic amines is 1. The molecular formula is C10H11ClN2. The minimum atomic E-state index is 0.402. The molecule has 0 aliphatic rings. The molecule has 1 N–H and O–H groups in total. The molecule has 2 aromatic rings. The number of fused-ring (bicyclic) bond motifs is 1. The molecule has 0 radical (unpaired) electrons. The summed E-state index contributed by atoms with van der Waals surface area (Å²) in [5.41, 5.74) is 3.16. The molecule has 0 saturated carbocycles. The van der Waals surface area contributed by atoms with Crippen molar-refractivity contribution in [2.24, 2.45) is 0 Å². The fourth-order valence-electron chi connectivity index (χ4n) is 1.55. The lowest BCUT2D eigenvalue weighted by Gasteiger charge is -2.08. The summed E-state index contributed by atoms with van der Waals surface area (Å²) in [6, 6.07) is 3.87. The Morgan fingerprint density at radius 3 is 2.85 bits per heavy atom. The molecule has 0 saturated heterocycles. The average Bonchev–Trinajstić information content (AvgIpc) is 2.50. The molecule has 1 heterocycles. The van der Waals surface area contributed by atoms with E-state index in [0.717, 1.165) is 21.6 Å². The van der Waals surface area contributed by atoms with Crippen LogP contribution in [0.1, 0.15) is 25.3 Å². The van der Waals surface area contributed by atoms with Crippen molar-refractivity contribution in [2.45, 2.75) is 19.8 Å². The molecule has 68 valence electrons. The molecule has 0 amide bonds. The molecule has 0 aliphatic carbocycles. The fourth-order valence-corrected chi connectivity index (χ4v) is 1.93. The molecule has 2 nitrogen and oxygen atoms in total. The van der Waals surface area contributed by atoms with Gasteiger partial charge in [-0.25, -0.2) is 4.98 Å². The van der Waals surface area contributed by atoms with Crippen LogP contribution in [0.3, 0.4) is 0 Å². The predicted molar refractivity (Wildman–Crippen MR) is 55.2 cm³/mol. The van der Waals surface area contributed by atoms with Crippen molar-refractivity contribution in [2.75, 3.05) is 0 Å². The maximum Gasteiger partial charge on any atom is 0.0932 e. The monoisotopic (exact) mass is 194 g/mol. The first-order valence-electron chi connectivity index (χ1n) is 4.31. The second-order valence-corrected chi connectivity index (χ2v) is 3.82. The largest absolute Gasteiger partial charge is 0.345 e. The van der Waals surface area contributed by atoms with Crippen molar-refractivity contribution < 1.29 is 0 Å². The number of nitrogens with zero attached hydrogens (tertiary/aromatic N) is 1. The lowest BCUT2D eigenvalue weighted by Crippen LogP contribution is -1.90. The van der Waals surface area contributed by atoms with Crippen molar-refractivity contribution in [1.29, 1.82) is 0 Å². The quantitative estimate of drug-likeness (QED) is 0.741. The fraction of sp³-hybridized carbons (Fsp3) is 0.300. The topological polar surface area (TPSA) is 28.7 Å². The number of nitrogens with one attached hydrogen (secondary N) is 1. The van der Waals surface area contributed by atoms with E-state index in [9.17, 15) is 0 Å². The highest BCUT2D eigenvalue weighted by Gasteiger charge is 2.11. The summed E-state index contributed by atoms with van der Waals surface area (Å²) >= 11 is 6.10. The number of rotatable bonds is 1. The van der Waals surface area contributed by atoms with Gasteiger partial charge in [0.15, 0.2) is 0 Å². The highest BCUT2D eigenvalue weighted by Crippen LogP contribution is 2.29. The molecular weight excluding hydrogens is 184 g/mol. The van der Waals surface area contributed by atoms with Crippen LogP contribution in [0, 0.1) is 0 Å². The van der Waals surface area contributed by atoms with Crippen molar-refractivity contribution in [1.82, 2.24) is 9.97 Å². The van der Waals surface area contributed by atoms with Crippen LogP contribution in [0.2, 0.25) is 5.02 Å². The first-order chi connectivity index (χ1) is 6.20. The summed E-state index contributed by atoms with van der Waals surface area (Å²) in [4.78, 5) is 7.33. The Kier molecular flexibility index (Phi) is 2.00. The summed E-state index contributed by atoms with van der Waals surface area (Å²) in [5.74, 6) is 0.402. The first-order valence-corrected chi connectivity index (χ1v) is 4.69. The normalized spacial score (nSPS) is 11.4. The van der Waals surface area contributed by atoms with E-state index in [-0.39, 0.29) is 0 Å². The van der Waals surface area contributed by atoms with E-state index in [0.29, 0.717) is 5.92 Å². The van der Waals surface area contributed by atoms with Gasteiger partial charge >= 0.3 is 0 Å². The Bertz CT molecular complexity index is 431. The van der Waals surface area contributed by atoms with Crippen molar-refractivity contribution in [3.63, 3.8) is 0 Å². The molecule has 1 aromatic carbocycles. The van der Waals surface area contributed by atoms with Gasteiger partial charge in [-0.2, -0.15) is 0 Å². The second kappa shape index (κ2) is 3.04. The smallest absolute Gasteiger partial charge is 0.0932 e. The molecule has 2 rings (SSSR count). The van der Waals surface area contributed by atoms with Gasteiger partial charge in [0.1, 0.15) is 0 Å². The van der Waals surface area contributed by atoms with Gasteiger partial charge in [0.25, 0.3) is 0 Å². The third-order valence-corrected chi connectivity index (χ3v) is 2.48. The number of imidazole rings is 1. The predicted octanol–water partition coefficient (Wildman–Crippen LogP) is 3.34. The van der Waals surface area contributed by atoms with E-state index < -0.39 is 0 Å². The lowest BCUT2D eigenvalue weighted by atomic mass is 10.0. The standard InChI is InChI=1S/C10H11ClN2/c1-6(2)9-7(11)3-4-8-10(9)13-5-12-8/h3-6H,1-2H3,(H,12,13). The van der Waals surface area contributed by atoms with Gasteiger partial charge in [-0.3, -0.25) is 0 Å². The number of hydrogen-bond acceptors (Lipinski definition) is 1. The van der Waals surface area contributed by atoms with E-state index in [4.69, 9.17) is 11.6 Å². The lowest BCUT2D eigenvalue weighted by molar-refractivity contribution is 0.874. The molecule has 0 aliphatic heterocycles. The molecule has 0 spiro atoms. The van der Waals surface area contributed by atoms with E-state index in [1.807, 2.05) is 12.1 Å². The Hall–Kier alpha value is -1.02. The summed E-state index contributed by atoms with van der Waals surface area (Å²) in [7, 11) is 0. The average molecular weight is 195 g/mol. The molecule has 3 heteroatoms. The minimum Gasteiger partial charge on any atom is -0.345 e. The molecule has 0 unspecified atom stereocenters. The van der Waals surface area contributed by atoms with E-state index in [1.54, 1.807) is 6.33 Å². The van der Waals surface area contributed by atoms with E-state index >= 15 is 0 Å². The first kappa shape index (κ1) is 8.57. The SMILES string of the molecule is CC(C)c1c(Cl)ccc2[nH]cnc12. The van der Waals surface area contributed by atoms with Crippen molar-refractivity contribution in [3.8, 4) is 0 Å². The zero-order valence-corrected chi connectivity index (χ0v) is 8.39. The van der Waals surface area contributed by atoms with Gasteiger partial charge in [-0.1, -0.05) is 25.4 Å². The molecule has 1 aromatic heterocycles. The highest BCUT2D eigenvalue weighted by atomic mass is 35.5. The summed E-state index contributed by atoms with van der Waals surface area (Å²) in [5, 5.41) is 0.801. The Balaban J connectivity index is 2.80. The number of benzene rings is 1. The van der Waals surface area contributed by atoms with Crippen molar-refractivity contribution in [3.05, 3.63) is 29.0 Å². The maximum absolute atomic E-state index is 6.10. The highest BCUT2D eigenvalue weighted by molar-refractivity contribution is 6.32. The zero-order valence-electron chi connectivity index (χ0n) is 7.63. The Labute approximate surface area is 81.9 Å². The van der Waals surface area contributed by atoms with Crippen LogP contribution in [-0.4, -0.2) is 9.97 Å². The molecule has 0 fully saturated rings. The second-order valence-electron chi connectivity index (χ2n) is 3.41. The van der Waals surface area contributed by atoms with Gasteiger partial charge in [0.2, 0.25) is 0 Å². The van der Waals surface area contributed by atoms with Gasteiger partial charge in [0, 0.05) is 10.6 Å². The van der Waals surface area contributed by atoms with Crippen LogP contribution < -0.4 is 0 Å². The molecule has 13 heavy (non-hydrogen) atoms. The Morgan fingerprint density at radius 2 is 2.15 bits per heavy atom. The maximum atomic E-state index is 6.10. The van der Waals surface area contributed by atoms with E-state index in [1.165, 1.54) is 0 Å². The van der Waals surface area contributed by atoms with Crippen LogP contribution in [-0.2, 0) is 0 Å². The van der Waals surface area contributed by atoms with Crippen molar-refractivity contribution >= 4 is 22.6 Å². The summed E-state index contributed by atoms with van der Waals surface area (Å²) in [6.45, 7) is 4.24. The van der Waals surface area contributed by atoms with Crippen LogP contribution in [0.5, 0.6) is 0 Å². The summed E-state index contributed by atoms with van der Waals surface area (Å²) < 4.78 is 0. The Morgan fingerprint density at radius 1 is 1.38 bits per heavy atom. The van der Waals surface area contributed by atoms with Crippen LogP contribution in [0.15, 0.2) is 18.5 Å². The number of hydrogen-bond donors (Lipinski definition) is 1. The third-order valence-electron chi connectivity index (χ3n) is 2.15. The van der Waals surface area contributed by atoms with E-state index in [2.05, 4.69) is 23.8 Å². The summed E-state index contributed by atoms with van der Waals surface area (Å²) in [6.07, 6.45) is 1.70. The third kappa shape index (κ3) is 1.31. The van der Waals surface area contributed by atoms with Crippen LogP contribution in [0.4, 0.5) is 0 Å². The molecule has 0 atom stereocenters. The zero-order chi connectivity index (χ0) is 9.42. The number of aromatic nitrogens is 2. The van der Waals surface area contributed by atoms with Gasteiger partial charge in [0.05, 0.1) is 17.4 Å². The van der Waals surface area contributed by atoms with Gasteiger partial charge in [-0.05, 0) is 18.1 Å². The number of H-pyrrole nitrogens is 1.